The minimum absolute atomic E-state index is 0.945. The van der Waals surface area contributed by atoms with Crippen molar-refractivity contribution in [1.29, 1.82) is 0 Å². The number of imidazole rings is 1. The molecule has 3 aromatic rings. The maximum atomic E-state index is 4.56. The molecule has 0 spiro atoms. The average molecular weight is 254 g/mol. The molecule has 3 rings (SSSR count). The molecule has 1 N–H and O–H groups in total. The predicted octanol–water partition coefficient (Wildman–Crippen LogP) is 4.28. The van der Waals surface area contributed by atoms with Gasteiger partial charge in [0.1, 0.15) is 0 Å². The zero-order chi connectivity index (χ0) is 12.4. The van der Waals surface area contributed by atoms with E-state index < -0.39 is 0 Å². The van der Waals surface area contributed by atoms with E-state index in [1.54, 1.807) is 11.8 Å². The van der Waals surface area contributed by atoms with Crippen molar-refractivity contribution in [3.63, 3.8) is 0 Å². The van der Waals surface area contributed by atoms with E-state index in [1.165, 1.54) is 10.5 Å². The van der Waals surface area contributed by atoms with Gasteiger partial charge in [-0.3, -0.25) is 0 Å². The monoisotopic (exact) mass is 254 g/mol. The van der Waals surface area contributed by atoms with Gasteiger partial charge in [-0.15, -0.1) is 0 Å². The molecule has 0 fully saturated rings. The number of benzene rings is 2. The van der Waals surface area contributed by atoms with Crippen LogP contribution in [0.1, 0.15) is 12.5 Å². The quantitative estimate of drug-likeness (QED) is 0.756. The lowest BCUT2D eigenvalue weighted by Crippen LogP contribution is -1.80. The number of H-pyrrole nitrogens is 1. The molecule has 3 heteroatoms. The van der Waals surface area contributed by atoms with Gasteiger partial charge < -0.3 is 4.98 Å². The van der Waals surface area contributed by atoms with E-state index in [1.807, 2.05) is 24.3 Å². The second-order valence-corrected chi connectivity index (χ2v) is 5.22. The fourth-order valence-corrected chi connectivity index (χ4v) is 2.68. The summed E-state index contributed by atoms with van der Waals surface area (Å²) in [5.41, 5.74) is 3.47. The first-order chi connectivity index (χ1) is 8.85. The van der Waals surface area contributed by atoms with Crippen LogP contribution in [0, 0.1) is 0 Å². The van der Waals surface area contributed by atoms with Crippen molar-refractivity contribution in [2.45, 2.75) is 23.4 Å². The minimum atomic E-state index is 0.945. The number of rotatable bonds is 3. The number of nitrogens with zero attached hydrogens (tertiary/aromatic N) is 1. The van der Waals surface area contributed by atoms with Crippen molar-refractivity contribution in [2.75, 3.05) is 0 Å². The Labute approximate surface area is 110 Å². The van der Waals surface area contributed by atoms with E-state index in [2.05, 4.69) is 41.2 Å². The van der Waals surface area contributed by atoms with Gasteiger partial charge in [0.2, 0.25) is 0 Å². The Morgan fingerprint density at radius 1 is 1.06 bits per heavy atom. The average Bonchev–Trinajstić information content (AvgIpc) is 2.82. The summed E-state index contributed by atoms with van der Waals surface area (Å²) in [4.78, 5) is 9.10. The summed E-state index contributed by atoms with van der Waals surface area (Å²) < 4.78 is 0. The van der Waals surface area contributed by atoms with E-state index in [-0.39, 0.29) is 0 Å². The highest BCUT2D eigenvalue weighted by atomic mass is 32.2. The number of nitrogens with one attached hydrogen (secondary N) is 1. The van der Waals surface area contributed by atoms with Crippen molar-refractivity contribution >= 4 is 22.8 Å². The molecule has 2 nitrogen and oxygen atoms in total. The van der Waals surface area contributed by atoms with Gasteiger partial charge in [0, 0.05) is 4.90 Å². The Hall–Kier alpha value is -1.74. The van der Waals surface area contributed by atoms with E-state index in [9.17, 15) is 0 Å². The van der Waals surface area contributed by atoms with Crippen LogP contribution in [0.2, 0.25) is 0 Å². The molecule has 0 aliphatic heterocycles. The molecule has 1 aromatic heterocycles. The highest BCUT2D eigenvalue weighted by Crippen LogP contribution is 2.27. The normalized spacial score (nSPS) is 10.9. The molecule has 1 heterocycles. The zero-order valence-corrected chi connectivity index (χ0v) is 11.0. The summed E-state index contributed by atoms with van der Waals surface area (Å²) in [5, 5.41) is 0.945. The van der Waals surface area contributed by atoms with Gasteiger partial charge in [-0.25, -0.2) is 4.98 Å². The van der Waals surface area contributed by atoms with Gasteiger partial charge in [0.25, 0.3) is 0 Å². The topological polar surface area (TPSA) is 28.7 Å². The lowest BCUT2D eigenvalue weighted by atomic mass is 10.2. The predicted molar refractivity (Wildman–Crippen MR) is 76.0 cm³/mol. The fraction of sp³-hybridized carbons (Fsp3) is 0.133. The van der Waals surface area contributed by atoms with Gasteiger partial charge >= 0.3 is 0 Å². The standard InChI is InChI=1S/C15H14N2S/c1-2-11-7-9-12(10-8-11)18-15-16-13-5-3-4-6-14(13)17-15/h3-10H,2H2,1H3,(H,16,17). The van der Waals surface area contributed by atoms with Gasteiger partial charge in [-0.05, 0) is 36.2 Å². The third-order valence-electron chi connectivity index (χ3n) is 2.91. The third-order valence-corrected chi connectivity index (χ3v) is 3.81. The molecule has 0 saturated carbocycles. The molecule has 2 aromatic carbocycles. The summed E-state index contributed by atoms with van der Waals surface area (Å²) in [5.74, 6) is 0. The van der Waals surface area contributed by atoms with E-state index >= 15 is 0 Å². The molecule has 18 heavy (non-hydrogen) atoms. The maximum absolute atomic E-state index is 4.56. The number of fused-ring (bicyclic) bond motifs is 1. The Morgan fingerprint density at radius 3 is 2.56 bits per heavy atom. The lowest BCUT2D eigenvalue weighted by Gasteiger charge is -1.99. The highest BCUT2D eigenvalue weighted by Gasteiger charge is 2.03. The van der Waals surface area contributed by atoms with Gasteiger partial charge in [-0.1, -0.05) is 43.0 Å². The van der Waals surface area contributed by atoms with Crippen LogP contribution in [0.5, 0.6) is 0 Å². The van der Waals surface area contributed by atoms with Crippen LogP contribution >= 0.6 is 11.8 Å². The van der Waals surface area contributed by atoms with Crippen LogP contribution in [-0.4, -0.2) is 9.97 Å². The first-order valence-electron chi connectivity index (χ1n) is 6.06. The van der Waals surface area contributed by atoms with Gasteiger partial charge in [-0.2, -0.15) is 0 Å². The lowest BCUT2D eigenvalue weighted by molar-refractivity contribution is 1.08. The molecule has 0 saturated heterocycles. The molecule has 0 bridgehead atoms. The van der Waals surface area contributed by atoms with Crippen LogP contribution in [0.4, 0.5) is 0 Å². The fourth-order valence-electron chi connectivity index (χ4n) is 1.88. The number of aromatic nitrogens is 2. The smallest absolute Gasteiger partial charge is 0.171 e. The summed E-state index contributed by atoms with van der Waals surface area (Å²) >= 11 is 1.67. The van der Waals surface area contributed by atoms with E-state index in [4.69, 9.17) is 0 Å². The van der Waals surface area contributed by atoms with Crippen LogP contribution in [0.3, 0.4) is 0 Å². The summed E-state index contributed by atoms with van der Waals surface area (Å²) in [6.07, 6.45) is 1.08. The molecule has 90 valence electrons. The van der Waals surface area contributed by atoms with Gasteiger partial charge in [0.15, 0.2) is 5.16 Å². The number of para-hydroxylation sites is 2. The molecule has 0 atom stereocenters. The van der Waals surface area contributed by atoms with Crippen molar-refractivity contribution < 1.29 is 0 Å². The maximum Gasteiger partial charge on any atom is 0.171 e. The summed E-state index contributed by atoms with van der Waals surface area (Å²) in [6.45, 7) is 2.17. The van der Waals surface area contributed by atoms with Gasteiger partial charge in [0.05, 0.1) is 11.0 Å². The van der Waals surface area contributed by atoms with Crippen LogP contribution in [-0.2, 0) is 6.42 Å². The highest BCUT2D eigenvalue weighted by molar-refractivity contribution is 7.99. The Bertz CT molecular complexity index is 623. The molecule has 0 aliphatic carbocycles. The van der Waals surface area contributed by atoms with Crippen molar-refractivity contribution in [1.82, 2.24) is 9.97 Å². The van der Waals surface area contributed by atoms with Crippen molar-refractivity contribution in [3.05, 3.63) is 54.1 Å². The molecular formula is C15H14N2S. The number of aryl methyl sites for hydroxylation is 1. The molecule has 0 amide bonds. The SMILES string of the molecule is CCc1ccc(Sc2nc3ccccc3[nH]2)cc1. The Balaban J connectivity index is 1.86. The van der Waals surface area contributed by atoms with Crippen LogP contribution in [0.25, 0.3) is 11.0 Å². The number of hydrogen-bond acceptors (Lipinski definition) is 2. The largest absolute Gasteiger partial charge is 0.333 e. The zero-order valence-electron chi connectivity index (χ0n) is 10.2. The van der Waals surface area contributed by atoms with Crippen LogP contribution in [0.15, 0.2) is 58.6 Å². The molecular weight excluding hydrogens is 240 g/mol. The van der Waals surface area contributed by atoms with Crippen molar-refractivity contribution in [2.24, 2.45) is 0 Å². The van der Waals surface area contributed by atoms with E-state index in [0.717, 1.165) is 22.6 Å². The Morgan fingerprint density at radius 2 is 1.83 bits per heavy atom. The summed E-state index contributed by atoms with van der Waals surface area (Å²) in [6, 6.07) is 16.7. The third kappa shape index (κ3) is 2.27. The molecule has 0 unspecified atom stereocenters. The molecule has 0 aliphatic rings. The minimum Gasteiger partial charge on any atom is -0.333 e. The summed E-state index contributed by atoms with van der Waals surface area (Å²) in [7, 11) is 0. The number of hydrogen-bond donors (Lipinski definition) is 1. The second-order valence-electron chi connectivity index (χ2n) is 4.16. The number of aromatic amines is 1. The van der Waals surface area contributed by atoms with Crippen molar-refractivity contribution in [3.8, 4) is 0 Å². The van der Waals surface area contributed by atoms with Crippen LogP contribution < -0.4 is 0 Å². The first kappa shape index (κ1) is 11.4. The van der Waals surface area contributed by atoms with E-state index in [0.29, 0.717) is 0 Å². The molecule has 0 radical (unpaired) electrons. The second kappa shape index (κ2) is 4.86. The first-order valence-corrected chi connectivity index (χ1v) is 6.88. The Kier molecular flexibility index (Phi) is 3.07.